The summed E-state index contributed by atoms with van der Waals surface area (Å²) in [7, 11) is 0. The molecule has 0 aliphatic rings. The van der Waals surface area contributed by atoms with Crippen molar-refractivity contribution in [3.63, 3.8) is 0 Å². The van der Waals surface area contributed by atoms with Gasteiger partial charge in [-0.25, -0.2) is 4.98 Å². The topological polar surface area (TPSA) is 42.0 Å². The van der Waals surface area contributed by atoms with Crippen molar-refractivity contribution in [3.8, 4) is 0 Å². The van der Waals surface area contributed by atoms with Gasteiger partial charge in [-0.05, 0) is 36.8 Å². The predicted molar refractivity (Wildman–Crippen MR) is 76.1 cm³/mol. The Labute approximate surface area is 118 Å². The SMILES string of the molecule is Cc1ccc(C(=O)Nc2cc(Cl)ccn2)cc1Br. The first kappa shape index (κ1) is 13.1. The number of amides is 1. The molecule has 0 saturated carbocycles. The number of hydrogen-bond donors (Lipinski definition) is 1. The minimum atomic E-state index is -0.217. The molecule has 0 saturated heterocycles. The fraction of sp³-hybridized carbons (Fsp3) is 0.0769. The van der Waals surface area contributed by atoms with Crippen LogP contribution in [0.2, 0.25) is 5.02 Å². The van der Waals surface area contributed by atoms with Gasteiger partial charge in [-0.2, -0.15) is 0 Å². The first-order valence-electron chi connectivity index (χ1n) is 5.25. The molecule has 0 atom stereocenters. The summed E-state index contributed by atoms with van der Waals surface area (Å²) >= 11 is 9.22. The zero-order chi connectivity index (χ0) is 13.1. The van der Waals surface area contributed by atoms with E-state index in [9.17, 15) is 4.79 Å². The Morgan fingerprint density at radius 2 is 2.11 bits per heavy atom. The van der Waals surface area contributed by atoms with Crippen molar-refractivity contribution < 1.29 is 4.79 Å². The van der Waals surface area contributed by atoms with Crippen molar-refractivity contribution in [2.45, 2.75) is 6.92 Å². The fourth-order valence-electron chi connectivity index (χ4n) is 1.40. The van der Waals surface area contributed by atoms with Crippen LogP contribution in [-0.2, 0) is 0 Å². The molecular formula is C13H10BrClN2O. The summed E-state index contributed by atoms with van der Waals surface area (Å²) in [6, 6.07) is 8.67. The molecule has 5 heteroatoms. The Bertz CT molecular complexity index is 601. The number of halogens is 2. The van der Waals surface area contributed by atoms with E-state index < -0.39 is 0 Å². The minimum absolute atomic E-state index is 0.217. The molecule has 92 valence electrons. The van der Waals surface area contributed by atoms with E-state index in [1.54, 1.807) is 30.5 Å². The van der Waals surface area contributed by atoms with E-state index in [-0.39, 0.29) is 5.91 Å². The largest absolute Gasteiger partial charge is 0.307 e. The Kier molecular flexibility index (Phi) is 3.99. The molecule has 0 unspecified atom stereocenters. The third kappa shape index (κ3) is 3.09. The molecule has 1 heterocycles. The van der Waals surface area contributed by atoms with Gasteiger partial charge in [0.05, 0.1) is 0 Å². The van der Waals surface area contributed by atoms with Gasteiger partial charge in [0, 0.05) is 21.3 Å². The molecule has 3 nitrogen and oxygen atoms in total. The maximum Gasteiger partial charge on any atom is 0.256 e. The van der Waals surface area contributed by atoms with Crippen molar-refractivity contribution in [1.29, 1.82) is 0 Å². The molecule has 1 N–H and O–H groups in total. The molecule has 2 aromatic rings. The van der Waals surface area contributed by atoms with Gasteiger partial charge >= 0.3 is 0 Å². The lowest BCUT2D eigenvalue weighted by Crippen LogP contribution is -2.12. The van der Waals surface area contributed by atoms with E-state index in [1.165, 1.54) is 0 Å². The smallest absolute Gasteiger partial charge is 0.256 e. The number of pyridine rings is 1. The number of anilines is 1. The Hall–Kier alpha value is -1.39. The van der Waals surface area contributed by atoms with Gasteiger partial charge in [0.2, 0.25) is 0 Å². The summed E-state index contributed by atoms with van der Waals surface area (Å²) in [5.74, 6) is 0.217. The van der Waals surface area contributed by atoms with E-state index in [0.717, 1.165) is 10.0 Å². The van der Waals surface area contributed by atoms with Gasteiger partial charge in [0.25, 0.3) is 5.91 Å². The highest BCUT2D eigenvalue weighted by Gasteiger charge is 2.08. The molecule has 0 aliphatic heterocycles. The molecule has 2 rings (SSSR count). The van der Waals surface area contributed by atoms with Gasteiger partial charge in [0.1, 0.15) is 5.82 Å². The number of nitrogens with one attached hydrogen (secondary N) is 1. The lowest BCUT2D eigenvalue weighted by atomic mass is 10.1. The van der Waals surface area contributed by atoms with Crippen molar-refractivity contribution in [1.82, 2.24) is 4.98 Å². The van der Waals surface area contributed by atoms with Gasteiger partial charge in [0.15, 0.2) is 0 Å². The maximum atomic E-state index is 12.0. The number of carbonyl (C=O) groups is 1. The summed E-state index contributed by atoms with van der Waals surface area (Å²) in [6.07, 6.45) is 1.54. The molecule has 1 aromatic heterocycles. The number of aromatic nitrogens is 1. The van der Waals surface area contributed by atoms with Crippen LogP contribution in [0.3, 0.4) is 0 Å². The van der Waals surface area contributed by atoms with Crippen LogP contribution in [0, 0.1) is 6.92 Å². The van der Waals surface area contributed by atoms with Crippen LogP contribution in [0.5, 0.6) is 0 Å². The van der Waals surface area contributed by atoms with Crippen LogP contribution in [0.4, 0.5) is 5.82 Å². The van der Waals surface area contributed by atoms with Crippen LogP contribution in [0.15, 0.2) is 41.0 Å². The van der Waals surface area contributed by atoms with Crippen molar-refractivity contribution in [3.05, 3.63) is 57.2 Å². The first-order chi connectivity index (χ1) is 8.56. The standard InChI is InChI=1S/C13H10BrClN2O/c1-8-2-3-9(6-11(8)14)13(18)17-12-7-10(15)4-5-16-12/h2-7H,1H3,(H,16,17,18). The number of hydrogen-bond acceptors (Lipinski definition) is 2. The second kappa shape index (κ2) is 5.50. The second-order valence-electron chi connectivity index (χ2n) is 3.78. The second-order valence-corrected chi connectivity index (χ2v) is 5.07. The van der Waals surface area contributed by atoms with E-state index in [4.69, 9.17) is 11.6 Å². The Balaban J connectivity index is 2.19. The summed E-state index contributed by atoms with van der Waals surface area (Å²) in [5.41, 5.74) is 1.64. The number of carbonyl (C=O) groups excluding carboxylic acids is 1. The number of benzene rings is 1. The van der Waals surface area contributed by atoms with Gasteiger partial charge in [-0.1, -0.05) is 33.6 Å². The molecule has 0 radical (unpaired) electrons. The third-order valence-electron chi connectivity index (χ3n) is 2.40. The number of aryl methyl sites for hydroxylation is 1. The average Bonchev–Trinajstić information content (AvgIpc) is 2.32. The van der Waals surface area contributed by atoms with Crippen molar-refractivity contribution in [2.75, 3.05) is 5.32 Å². The third-order valence-corrected chi connectivity index (χ3v) is 3.49. The molecular weight excluding hydrogens is 316 g/mol. The van der Waals surface area contributed by atoms with E-state index in [1.807, 2.05) is 13.0 Å². The van der Waals surface area contributed by atoms with Crippen molar-refractivity contribution in [2.24, 2.45) is 0 Å². The van der Waals surface area contributed by atoms with Crippen LogP contribution in [0.25, 0.3) is 0 Å². The molecule has 0 fully saturated rings. The molecule has 0 aliphatic carbocycles. The lowest BCUT2D eigenvalue weighted by molar-refractivity contribution is 0.102. The van der Waals surface area contributed by atoms with Crippen LogP contribution >= 0.6 is 27.5 Å². The Morgan fingerprint density at radius 1 is 1.33 bits per heavy atom. The Morgan fingerprint density at radius 3 is 2.78 bits per heavy atom. The fourth-order valence-corrected chi connectivity index (χ4v) is 1.93. The quantitative estimate of drug-likeness (QED) is 0.905. The van der Waals surface area contributed by atoms with E-state index in [0.29, 0.717) is 16.4 Å². The zero-order valence-corrected chi connectivity index (χ0v) is 11.9. The first-order valence-corrected chi connectivity index (χ1v) is 6.42. The van der Waals surface area contributed by atoms with Gasteiger partial charge in [-0.15, -0.1) is 0 Å². The lowest BCUT2D eigenvalue weighted by Gasteiger charge is -2.06. The average molecular weight is 326 g/mol. The maximum absolute atomic E-state index is 12.0. The normalized spacial score (nSPS) is 10.2. The van der Waals surface area contributed by atoms with Gasteiger partial charge < -0.3 is 5.32 Å². The van der Waals surface area contributed by atoms with Crippen LogP contribution in [-0.4, -0.2) is 10.9 Å². The molecule has 18 heavy (non-hydrogen) atoms. The van der Waals surface area contributed by atoms with E-state index >= 15 is 0 Å². The van der Waals surface area contributed by atoms with Crippen LogP contribution < -0.4 is 5.32 Å². The summed E-state index contributed by atoms with van der Waals surface area (Å²) in [6.45, 7) is 1.96. The van der Waals surface area contributed by atoms with Crippen molar-refractivity contribution >= 4 is 39.3 Å². The summed E-state index contributed by atoms with van der Waals surface area (Å²) < 4.78 is 0.897. The van der Waals surface area contributed by atoms with E-state index in [2.05, 4.69) is 26.2 Å². The highest BCUT2D eigenvalue weighted by Crippen LogP contribution is 2.18. The van der Waals surface area contributed by atoms with Gasteiger partial charge in [-0.3, -0.25) is 4.79 Å². The summed E-state index contributed by atoms with van der Waals surface area (Å²) in [4.78, 5) is 16.0. The minimum Gasteiger partial charge on any atom is -0.307 e. The highest BCUT2D eigenvalue weighted by atomic mass is 79.9. The highest BCUT2D eigenvalue weighted by molar-refractivity contribution is 9.10. The molecule has 0 spiro atoms. The molecule has 1 amide bonds. The molecule has 1 aromatic carbocycles. The number of rotatable bonds is 2. The number of nitrogens with zero attached hydrogens (tertiary/aromatic N) is 1. The zero-order valence-electron chi connectivity index (χ0n) is 9.58. The van der Waals surface area contributed by atoms with Crippen LogP contribution in [0.1, 0.15) is 15.9 Å². The predicted octanol–water partition coefficient (Wildman–Crippen LogP) is 4.06. The molecule has 0 bridgehead atoms. The summed E-state index contributed by atoms with van der Waals surface area (Å²) in [5, 5.41) is 3.22. The monoisotopic (exact) mass is 324 g/mol.